The summed E-state index contributed by atoms with van der Waals surface area (Å²) in [4.78, 5) is 0. The van der Waals surface area contributed by atoms with Crippen molar-refractivity contribution in [3.8, 4) is 0 Å². The lowest BCUT2D eigenvalue weighted by molar-refractivity contribution is 0.103. The molecule has 1 heterocycles. The predicted octanol–water partition coefficient (Wildman–Crippen LogP) is 1.96. The van der Waals surface area contributed by atoms with E-state index in [-0.39, 0.29) is 6.73 Å². The highest BCUT2D eigenvalue weighted by molar-refractivity contribution is 4.80. The van der Waals surface area contributed by atoms with E-state index in [1.165, 1.54) is 43.2 Å². The number of rotatable bonds is 6. The van der Waals surface area contributed by atoms with E-state index in [0.717, 1.165) is 24.6 Å². The summed E-state index contributed by atoms with van der Waals surface area (Å²) >= 11 is 0. The van der Waals surface area contributed by atoms with E-state index in [1.54, 1.807) is 0 Å². The van der Waals surface area contributed by atoms with Crippen molar-refractivity contribution in [1.29, 1.82) is 0 Å². The van der Waals surface area contributed by atoms with Crippen molar-refractivity contribution < 1.29 is 5.11 Å². The number of aryl methyl sites for hydroxylation is 1. The Hall–Kier alpha value is -0.970. The number of aromatic nitrogens is 4. The lowest BCUT2D eigenvalue weighted by Gasteiger charge is -2.07. The minimum absolute atomic E-state index is 0.370. The molecule has 0 atom stereocenters. The highest BCUT2D eigenvalue weighted by Crippen LogP contribution is 2.29. The van der Waals surface area contributed by atoms with Gasteiger partial charge in [0.1, 0.15) is 0 Å². The Balaban J connectivity index is 1.64. The summed E-state index contributed by atoms with van der Waals surface area (Å²) < 4.78 is 1.34. The Bertz CT molecular complexity index is 307. The molecule has 1 aliphatic carbocycles. The quantitative estimate of drug-likeness (QED) is 0.692. The fourth-order valence-electron chi connectivity index (χ4n) is 2.52. The Morgan fingerprint density at radius 2 is 2.06 bits per heavy atom. The van der Waals surface area contributed by atoms with Crippen molar-refractivity contribution in [2.75, 3.05) is 0 Å². The number of unbranched alkanes of at least 4 members (excludes halogenated alkanes) is 1. The second-order valence-electron chi connectivity index (χ2n) is 4.62. The monoisotopic (exact) mass is 223 g/mol. The molecule has 0 unspecified atom stereocenters. The van der Waals surface area contributed by atoms with E-state index in [9.17, 15) is 5.11 Å². The molecular weight excluding hydrogens is 204 g/mol. The predicted molar refractivity (Wildman–Crippen MR) is 58.0 cm³/mol. The summed E-state index contributed by atoms with van der Waals surface area (Å²) in [6.45, 7) is -0.370. The van der Waals surface area contributed by atoms with Gasteiger partial charge in [0.2, 0.25) is 0 Å². The van der Waals surface area contributed by atoms with Gasteiger partial charge in [0.05, 0.1) is 0 Å². The lowest BCUT2D eigenvalue weighted by Crippen LogP contribution is -2.04. The number of nitrogens with zero attached hydrogens (tertiary/aromatic N) is 4. The summed E-state index contributed by atoms with van der Waals surface area (Å²) in [7, 11) is 0. The summed E-state index contributed by atoms with van der Waals surface area (Å²) in [5.74, 6) is 1.69. The first-order valence-electron chi connectivity index (χ1n) is 6.23. The van der Waals surface area contributed by atoms with E-state index < -0.39 is 0 Å². The Kier molecular flexibility index (Phi) is 4.27. The second-order valence-corrected chi connectivity index (χ2v) is 4.62. The van der Waals surface area contributed by atoms with Crippen molar-refractivity contribution in [3.63, 3.8) is 0 Å². The summed E-state index contributed by atoms with van der Waals surface area (Å²) in [5, 5.41) is 21.7. The molecule has 1 radical (unpaired) electrons. The summed E-state index contributed by atoms with van der Waals surface area (Å²) in [6.07, 6.45) is 10.2. The molecule has 0 amide bonds. The molecular formula is C11H19N4O. The van der Waals surface area contributed by atoms with Crippen LogP contribution in [-0.2, 0) is 18.3 Å². The summed E-state index contributed by atoms with van der Waals surface area (Å²) in [5.41, 5.74) is 0. The molecule has 0 aliphatic heterocycles. The van der Waals surface area contributed by atoms with Crippen LogP contribution in [0.15, 0.2) is 0 Å². The van der Waals surface area contributed by atoms with Crippen LogP contribution in [0.1, 0.15) is 50.8 Å². The van der Waals surface area contributed by atoms with Crippen molar-refractivity contribution in [2.45, 2.75) is 58.1 Å². The van der Waals surface area contributed by atoms with E-state index in [0.29, 0.717) is 0 Å². The van der Waals surface area contributed by atoms with Crippen LogP contribution in [0.25, 0.3) is 0 Å². The van der Waals surface area contributed by atoms with E-state index >= 15 is 0 Å². The van der Waals surface area contributed by atoms with Crippen molar-refractivity contribution in [3.05, 3.63) is 5.82 Å². The van der Waals surface area contributed by atoms with Gasteiger partial charge in [-0.1, -0.05) is 38.5 Å². The van der Waals surface area contributed by atoms with Gasteiger partial charge >= 0.3 is 0 Å². The Morgan fingerprint density at radius 1 is 1.25 bits per heavy atom. The SMILES string of the molecule is [O]Cn1nnnc1CCCCC1CCCC1. The van der Waals surface area contributed by atoms with Crippen molar-refractivity contribution >= 4 is 0 Å². The zero-order chi connectivity index (χ0) is 11.2. The second kappa shape index (κ2) is 5.94. The molecule has 0 spiro atoms. The molecule has 89 valence electrons. The Labute approximate surface area is 95.9 Å². The van der Waals surface area contributed by atoms with Gasteiger partial charge in [0, 0.05) is 6.42 Å². The fourth-order valence-corrected chi connectivity index (χ4v) is 2.52. The van der Waals surface area contributed by atoms with Crippen molar-refractivity contribution in [1.82, 2.24) is 20.2 Å². The van der Waals surface area contributed by atoms with Gasteiger partial charge in [-0.3, -0.25) is 0 Å². The molecule has 0 aromatic carbocycles. The van der Waals surface area contributed by atoms with Gasteiger partial charge in [-0.15, -0.1) is 5.10 Å². The molecule has 0 saturated heterocycles. The molecule has 5 nitrogen and oxygen atoms in total. The Morgan fingerprint density at radius 3 is 2.81 bits per heavy atom. The van der Waals surface area contributed by atoms with Crippen LogP contribution in [0.5, 0.6) is 0 Å². The van der Waals surface area contributed by atoms with Gasteiger partial charge in [-0.2, -0.15) is 0 Å². The van der Waals surface area contributed by atoms with Crippen LogP contribution in [0.4, 0.5) is 0 Å². The first-order valence-corrected chi connectivity index (χ1v) is 6.23. The van der Waals surface area contributed by atoms with Gasteiger partial charge < -0.3 is 0 Å². The third-order valence-electron chi connectivity index (χ3n) is 3.47. The van der Waals surface area contributed by atoms with Crippen LogP contribution in [0.3, 0.4) is 0 Å². The minimum atomic E-state index is -0.370. The standard InChI is InChI=1S/C11H19N4O/c16-9-15-11(12-13-14-15)8-4-3-7-10-5-1-2-6-10/h10H,1-9H2. The van der Waals surface area contributed by atoms with Crippen LogP contribution in [-0.4, -0.2) is 20.2 Å². The topological polar surface area (TPSA) is 63.5 Å². The van der Waals surface area contributed by atoms with Crippen LogP contribution in [0, 0.1) is 5.92 Å². The zero-order valence-corrected chi connectivity index (χ0v) is 9.64. The molecule has 1 saturated carbocycles. The van der Waals surface area contributed by atoms with Gasteiger partial charge in [0.25, 0.3) is 0 Å². The van der Waals surface area contributed by atoms with Crippen LogP contribution < -0.4 is 0 Å². The highest BCUT2D eigenvalue weighted by atomic mass is 16.3. The lowest BCUT2D eigenvalue weighted by atomic mass is 10.00. The summed E-state index contributed by atoms with van der Waals surface area (Å²) in [6, 6.07) is 0. The number of tetrazole rings is 1. The average Bonchev–Trinajstić information content (AvgIpc) is 2.95. The van der Waals surface area contributed by atoms with E-state index in [2.05, 4.69) is 15.5 Å². The average molecular weight is 223 g/mol. The van der Waals surface area contributed by atoms with E-state index in [4.69, 9.17) is 0 Å². The molecule has 0 N–H and O–H groups in total. The van der Waals surface area contributed by atoms with Crippen LogP contribution >= 0.6 is 0 Å². The van der Waals surface area contributed by atoms with Crippen LogP contribution in [0.2, 0.25) is 0 Å². The third-order valence-corrected chi connectivity index (χ3v) is 3.47. The minimum Gasteiger partial charge on any atom is -0.211 e. The molecule has 16 heavy (non-hydrogen) atoms. The first-order chi connectivity index (χ1) is 7.90. The third kappa shape index (κ3) is 3.01. The fraction of sp³-hybridized carbons (Fsp3) is 0.909. The molecule has 2 rings (SSSR count). The smallest absolute Gasteiger partial charge is 0.178 e. The van der Waals surface area contributed by atoms with Gasteiger partial charge in [-0.25, -0.2) is 9.79 Å². The molecule has 0 bridgehead atoms. The molecule has 1 aromatic heterocycles. The molecule has 1 aromatic rings. The maximum absolute atomic E-state index is 10.7. The molecule has 1 fully saturated rings. The molecule has 5 heteroatoms. The maximum Gasteiger partial charge on any atom is 0.178 e. The zero-order valence-electron chi connectivity index (χ0n) is 9.64. The highest BCUT2D eigenvalue weighted by Gasteiger charge is 2.14. The van der Waals surface area contributed by atoms with E-state index in [1.807, 2.05) is 0 Å². The maximum atomic E-state index is 10.7. The largest absolute Gasteiger partial charge is 0.211 e. The van der Waals surface area contributed by atoms with Crippen molar-refractivity contribution in [2.24, 2.45) is 5.92 Å². The molecule has 1 aliphatic rings. The normalized spacial score (nSPS) is 17.1. The number of hydrogen-bond acceptors (Lipinski definition) is 3. The first kappa shape index (κ1) is 11.5. The van der Waals surface area contributed by atoms with Gasteiger partial charge in [-0.05, 0) is 22.8 Å². The van der Waals surface area contributed by atoms with Gasteiger partial charge in [0.15, 0.2) is 12.6 Å². The number of hydrogen-bond donors (Lipinski definition) is 0.